The van der Waals surface area contributed by atoms with Crippen molar-refractivity contribution in [1.29, 1.82) is 0 Å². The van der Waals surface area contributed by atoms with Gasteiger partial charge in [-0.25, -0.2) is 0 Å². The number of rotatable bonds is 6. The van der Waals surface area contributed by atoms with E-state index in [0.717, 1.165) is 18.8 Å². The summed E-state index contributed by atoms with van der Waals surface area (Å²) in [6.45, 7) is 3.70. The standard InChI is InChI=1S/C16H23NO3/c1-3-16(18)20-15-8-6-14(7-9-15)19-12-10-13-5-4-11-17(13)2/h6-9,13H,3-5,10-12H2,1-2H3. The second-order valence-electron chi connectivity index (χ2n) is 5.21. The molecule has 0 radical (unpaired) electrons. The number of hydrogen-bond donors (Lipinski definition) is 0. The molecule has 1 heterocycles. The summed E-state index contributed by atoms with van der Waals surface area (Å²) < 4.78 is 10.9. The summed E-state index contributed by atoms with van der Waals surface area (Å²) in [6, 6.07) is 7.88. The largest absolute Gasteiger partial charge is 0.494 e. The summed E-state index contributed by atoms with van der Waals surface area (Å²) in [5.74, 6) is 1.17. The van der Waals surface area contributed by atoms with Crippen molar-refractivity contribution in [1.82, 2.24) is 4.90 Å². The molecule has 4 nitrogen and oxygen atoms in total. The van der Waals surface area contributed by atoms with Gasteiger partial charge in [0.05, 0.1) is 6.61 Å². The molecule has 1 saturated heterocycles. The SMILES string of the molecule is CCC(=O)Oc1ccc(OCCC2CCCN2C)cc1. The lowest BCUT2D eigenvalue weighted by Crippen LogP contribution is -2.26. The Morgan fingerprint density at radius 2 is 2.00 bits per heavy atom. The van der Waals surface area contributed by atoms with Crippen LogP contribution in [0.4, 0.5) is 0 Å². The Kier molecular flexibility index (Phi) is 5.41. The topological polar surface area (TPSA) is 38.8 Å². The molecule has 4 heteroatoms. The number of carbonyl (C=O) groups is 1. The first-order valence-electron chi connectivity index (χ1n) is 7.33. The van der Waals surface area contributed by atoms with Crippen molar-refractivity contribution >= 4 is 5.97 Å². The van der Waals surface area contributed by atoms with Gasteiger partial charge in [0.2, 0.25) is 0 Å². The van der Waals surface area contributed by atoms with E-state index >= 15 is 0 Å². The van der Waals surface area contributed by atoms with Crippen LogP contribution in [0.5, 0.6) is 11.5 Å². The van der Waals surface area contributed by atoms with Gasteiger partial charge in [0, 0.05) is 12.5 Å². The third kappa shape index (κ3) is 4.23. The fourth-order valence-electron chi connectivity index (χ4n) is 2.46. The Balaban J connectivity index is 1.74. The summed E-state index contributed by atoms with van der Waals surface area (Å²) in [5, 5.41) is 0. The number of carbonyl (C=O) groups excluding carboxylic acids is 1. The summed E-state index contributed by atoms with van der Waals surface area (Å²) in [5.41, 5.74) is 0. The third-order valence-electron chi connectivity index (χ3n) is 3.74. The maximum Gasteiger partial charge on any atom is 0.310 e. The second kappa shape index (κ2) is 7.29. The first kappa shape index (κ1) is 14.9. The summed E-state index contributed by atoms with van der Waals surface area (Å²) in [6.07, 6.45) is 4.00. The Labute approximate surface area is 120 Å². The van der Waals surface area contributed by atoms with E-state index in [-0.39, 0.29) is 5.97 Å². The molecule has 0 aliphatic carbocycles. The molecule has 0 bridgehead atoms. The molecule has 0 N–H and O–H groups in total. The summed E-state index contributed by atoms with van der Waals surface area (Å²) in [4.78, 5) is 13.6. The Hall–Kier alpha value is -1.55. The van der Waals surface area contributed by atoms with E-state index in [9.17, 15) is 4.79 Å². The highest BCUT2D eigenvalue weighted by molar-refractivity contribution is 5.71. The second-order valence-corrected chi connectivity index (χ2v) is 5.21. The molecule has 0 spiro atoms. The lowest BCUT2D eigenvalue weighted by molar-refractivity contribution is -0.134. The van der Waals surface area contributed by atoms with E-state index in [2.05, 4.69) is 11.9 Å². The molecular formula is C16H23NO3. The quantitative estimate of drug-likeness (QED) is 0.592. The van der Waals surface area contributed by atoms with Crippen molar-refractivity contribution in [2.75, 3.05) is 20.2 Å². The zero-order chi connectivity index (χ0) is 14.4. The Morgan fingerprint density at radius 3 is 2.60 bits per heavy atom. The van der Waals surface area contributed by atoms with E-state index in [0.29, 0.717) is 18.2 Å². The van der Waals surface area contributed by atoms with E-state index in [1.165, 1.54) is 19.4 Å². The van der Waals surface area contributed by atoms with Gasteiger partial charge < -0.3 is 14.4 Å². The average Bonchev–Trinajstić information content (AvgIpc) is 2.86. The first-order valence-corrected chi connectivity index (χ1v) is 7.33. The van der Waals surface area contributed by atoms with E-state index in [1.807, 2.05) is 12.1 Å². The van der Waals surface area contributed by atoms with Gasteiger partial charge >= 0.3 is 5.97 Å². The maximum absolute atomic E-state index is 11.2. The van der Waals surface area contributed by atoms with Crippen molar-refractivity contribution < 1.29 is 14.3 Å². The van der Waals surface area contributed by atoms with Crippen LogP contribution in [0.2, 0.25) is 0 Å². The molecule has 2 rings (SSSR count). The smallest absolute Gasteiger partial charge is 0.310 e. The molecule has 0 aromatic heterocycles. The molecule has 0 amide bonds. The van der Waals surface area contributed by atoms with Crippen LogP contribution in [0.15, 0.2) is 24.3 Å². The average molecular weight is 277 g/mol. The molecular weight excluding hydrogens is 254 g/mol. The van der Waals surface area contributed by atoms with E-state index < -0.39 is 0 Å². The highest BCUT2D eigenvalue weighted by atomic mass is 16.5. The van der Waals surface area contributed by atoms with Gasteiger partial charge in [-0.15, -0.1) is 0 Å². The molecule has 110 valence electrons. The van der Waals surface area contributed by atoms with Crippen molar-refractivity contribution in [2.24, 2.45) is 0 Å². The van der Waals surface area contributed by atoms with Gasteiger partial charge in [0.1, 0.15) is 11.5 Å². The van der Waals surface area contributed by atoms with Crippen LogP contribution in [0, 0.1) is 0 Å². The molecule has 1 aliphatic rings. The summed E-state index contributed by atoms with van der Waals surface area (Å²) in [7, 11) is 2.18. The van der Waals surface area contributed by atoms with Gasteiger partial charge in [0.15, 0.2) is 0 Å². The normalized spacial score (nSPS) is 19.0. The molecule has 0 saturated carbocycles. The van der Waals surface area contributed by atoms with Crippen molar-refractivity contribution in [3.05, 3.63) is 24.3 Å². The van der Waals surface area contributed by atoms with E-state index in [4.69, 9.17) is 9.47 Å². The maximum atomic E-state index is 11.2. The number of hydrogen-bond acceptors (Lipinski definition) is 4. The van der Waals surface area contributed by atoms with Gasteiger partial charge in [-0.1, -0.05) is 6.92 Å². The van der Waals surface area contributed by atoms with E-state index in [1.54, 1.807) is 19.1 Å². The first-order chi connectivity index (χ1) is 9.69. The highest BCUT2D eigenvalue weighted by Gasteiger charge is 2.20. The van der Waals surface area contributed by atoms with Crippen LogP contribution < -0.4 is 9.47 Å². The molecule has 1 unspecified atom stereocenters. The number of likely N-dealkylation sites (tertiary alicyclic amines) is 1. The van der Waals surface area contributed by atoms with Gasteiger partial charge in [-0.3, -0.25) is 4.79 Å². The van der Waals surface area contributed by atoms with Crippen LogP contribution in [0.3, 0.4) is 0 Å². The zero-order valence-electron chi connectivity index (χ0n) is 12.3. The third-order valence-corrected chi connectivity index (χ3v) is 3.74. The lowest BCUT2D eigenvalue weighted by Gasteiger charge is -2.19. The molecule has 1 aliphatic heterocycles. The van der Waals surface area contributed by atoms with Gasteiger partial charge in [-0.05, 0) is 57.1 Å². The molecule has 1 atom stereocenters. The lowest BCUT2D eigenvalue weighted by atomic mass is 10.1. The summed E-state index contributed by atoms with van der Waals surface area (Å²) >= 11 is 0. The van der Waals surface area contributed by atoms with Gasteiger partial charge in [-0.2, -0.15) is 0 Å². The Bertz CT molecular complexity index is 430. The van der Waals surface area contributed by atoms with Crippen LogP contribution in [-0.4, -0.2) is 37.1 Å². The van der Waals surface area contributed by atoms with Crippen LogP contribution in [0.25, 0.3) is 0 Å². The predicted molar refractivity (Wildman–Crippen MR) is 78.1 cm³/mol. The van der Waals surface area contributed by atoms with Crippen molar-refractivity contribution in [3.8, 4) is 11.5 Å². The minimum Gasteiger partial charge on any atom is -0.494 e. The number of esters is 1. The Morgan fingerprint density at radius 1 is 1.30 bits per heavy atom. The number of ether oxygens (including phenoxy) is 2. The van der Waals surface area contributed by atoms with Crippen LogP contribution >= 0.6 is 0 Å². The predicted octanol–water partition coefficient (Wildman–Crippen LogP) is 2.87. The molecule has 1 aromatic carbocycles. The highest BCUT2D eigenvalue weighted by Crippen LogP contribution is 2.20. The minimum atomic E-state index is -0.220. The van der Waals surface area contributed by atoms with Crippen molar-refractivity contribution in [3.63, 3.8) is 0 Å². The van der Waals surface area contributed by atoms with Crippen LogP contribution in [-0.2, 0) is 4.79 Å². The monoisotopic (exact) mass is 277 g/mol. The molecule has 1 aromatic rings. The fraction of sp³-hybridized carbons (Fsp3) is 0.562. The van der Waals surface area contributed by atoms with Crippen LogP contribution in [0.1, 0.15) is 32.6 Å². The number of nitrogens with zero attached hydrogens (tertiary/aromatic N) is 1. The van der Waals surface area contributed by atoms with Gasteiger partial charge in [0.25, 0.3) is 0 Å². The zero-order valence-corrected chi connectivity index (χ0v) is 12.3. The van der Waals surface area contributed by atoms with Crippen molar-refractivity contribution in [2.45, 2.75) is 38.6 Å². The fourth-order valence-corrected chi connectivity index (χ4v) is 2.46. The molecule has 1 fully saturated rings. The number of benzene rings is 1. The minimum absolute atomic E-state index is 0.220. The molecule has 20 heavy (non-hydrogen) atoms.